The maximum absolute atomic E-state index is 13.9. The number of hydrogen-bond acceptors (Lipinski definition) is 4. The average Bonchev–Trinajstić information content (AvgIpc) is 3.05. The number of halogens is 2. The number of aromatic amines is 1. The Morgan fingerprint density at radius 2 is 2.12 bits per heavy atom. The van der Waals surface area contributed by atoms with Gasteiger partial charge in [0.15, 0.2) is 0 Å². The molecule has 3 aromatic rings. The van der Waals surface area contributed by atoms with Gasteiger partial charge in [-0.05, 0) is 30.7 Å². The summed E-state index contributed by atoms with van der Waals surface area (Å²) in [5.74, 6) is -0.0239. The predicted octanol–water partition coefficient (Wildman–Crippen LogP) is 3.93. The van der Waals surface area contributed by atoms with Crippen LogP contribution >= 0.6 is 11.6 Å². The molecule has 0 saturated carbocycles. The van der Waals surface area contributed by atoms with Crippen LogP contribution in [0.15, 0.2) is 30.3 Å². The normalized spacial score (nSPS) is 13.6. The zero-order valence-corrected chi connectivity index (χ0v) is 14.4. The molecule has 2 aromatic carbocycles. The lowest BCUT2D eigenvalue weighted by atomic mass is 10.0. The number of H-pyrrole nitrogens is 1. The predicted molar refractivity (Wildman–Crippen MR) is 94.6 cm³/mol. The number of rotatable bonds is 4. The van der Waals surface area contributed by atoms with Gasteiger partial charge in [-0.3, -0.25) is 0 Å². The van der Waals surface area contributed by atoms with Crippen LogP contribution in [0.1, 0.15) is 24.4 Å². The van der Waals surface area contributed by atoms with E-state index in [1.807, 2.05) is 13.0 Å². The van der Waals surface area contributed by atoms with Crippen molar-refractivity contribution in [3.63, 3.8) is 0 Å². The zero-order chi connectivity index (χ0) is 18.1. The standard InChI is InChI=1S/C18H16ClFN4O/c1-9(25-2)16(22)18-23-14-6-5-12(15(19)17(14)24-18)10-3-4-11(8-21)13(20)7-10/h3-7,9,16H,22H2,1-2H3,(H,23,24). The first-order valence-corrected chi connectivity index (χ1v) is 8.00. The van der Waals surface area contributed by atoms with Crippen LogP contribution in [0.25, 0.3) is 22.2 Å². The molecule has 3 rings (SSSR count). The van der Waals surface area contributed by atoms with Gasteiger partial charge in [0.1, 0.15) is 23.2 Å². The van der Waals surface area contributed by atoms with Crippen LogP contribution in [-0.4, -0.2) is 23.2 Å². The number of benzene rings is 2. The van der Waals surface area contributed by atoms with Gasteiger partial charge in [0.2, 0.25) is 0 Å². The van der Waals surface area contributed by atoms with Crippen molar-refractivity contribution in [2.75, 3.05) is 7.11 Å². The van der Waals surface area contributed by atoms with Crippen molar-refractivity contribution >= 4 is 22.6 Å². The number of hydrogen-bond donors (Lipinski definition) is 2. The molecule has 0 aliphatic carbocycles. The Morgan fingerprint density at radius 1 is 1.36 bits per heavy atom. The number of fused-ring (bicyclic) bond motifs is 1. The highest BCUT2D eigenvalue weighted by Gasteiger charge is 2.20. The van der Waals surface area contributed by atoms with Crippen molar-refractivity contribution in [3.05, 3.63) is 52.6 Å². The van der Waals surface area contributed by atoms with E-state index in [-0.39, 0.29) is 11.7 Å². The molecule has 0 radical (unpaired) electrons. The number of nitrogens with one attached hydrogen (secondary N) is 1. The highest BCUT2D eigenvalue weighted by Crippen LogP contribution is 2.34. The summed E-state index contributed by atoms with van der Waals surface area (Å²) in [7, 11) is 1.58. The fourth-order valence-electron chi connectivity index (χ4n) is 2.58. The molecule has 0 fully saturated rings. The van der Waals surface area contributed by atoms with Crippen LogP contribution in [-0.2, 0) is 4.74 Å². The molecule has 0 saturated heterocycles. The van der Waals surface area contributed by atoms with Gasteiger partial charge in [0.25, 0.3) is 0 Å². The second-order valence-electron chi connectivity index (χ2n) is 5.72. The van der Waals surface area contributed by atoms with Crippen molar-refractivity contribution in [2.24, 2.45) is 5.73 Å². The van der Waals surface area contributed by atoms with E-state index in [9.17, 15) is 4.39 Å². The molecule has 25 heavy (non-hydrogen) atoms. The van der Waals surface area contributed by atoms with Crippen LogP contribution < -0.4 is 5.73 Å². The number of nitrogens with two attached hydrogens (primary N) is 1. The average molecular weight is 359 g/mol. The van der Waals surface area contributed by atoms with Crippen LogP contribution in [0.4, 0.5) is 4.39 Å². The third-order valence-corrected chi connectivity index (χ3v) is 4.59. The minimum Gasteiger partial charge on any atom is -0.380 e. The van der Waals surface area contributed by atoms with Crippen LogP contribution in [0.5, 0.6) is 0 Å². The first-order chi connectivity index (χ1) is 12.0. The zero-order valence-electron chi connectivity index (χ0n) is 13.7. The Morgan fingerprint density at radius 3 is 2.76 bits per heavy atom. The van der Waals surface area contributed by atoms with E-state index >= 15 is 0 Å². The molecule has 0 bridgehead atoms. The van der Waals surface area contributed by atoms with E-state index in [0.717, 1.165) is 5.52 Å². The lowest BCUT2D eigenvalue weighted by Crippen LogP contribution is -2.26. The van der Waals surface area contributed by atoms with E-state index in [2.05, 4.69) is 9.97 Å². The number of nitriles is 1. The van der Waals surface area contributed by atoms with Crippen molar-refractivity contribution in [1.29, 1.82) is 5.26 Å². The van der Waals surface area contributed by atoms with Gasteiger partial charge in [0, 0.05) is 12.7 Å². The summed E-state index contributed by atoms with van der Waals surface area (Å²) in [4.78, 5) is 7.63. The molecule has 7 heteroatoms. The first kappa shape index (κ1) is 17.4. The topological polar surface area (TPSA) is 87.7 Å². The number of methoxy groups -OCH3 is 1. The van der Waals surface area contributed by atoms with Gasteiger partial charge >= 0.3 is 0 Å². The lowest BCUT2D eigenvalue weighted by Gasteiger charge is -2.15. The molecular weight excluding hydrogens is 343 g/mol. The molecule has 0 aliphatic rings. The van der Waals surface area contributed by atoms with E-state index in [1.165, 1.54) is 12.1 Å². The molecule has 128 valence electrons. The van der Waals surface area contributed by atoms with Gasteiger partial charge in [-0.2, -0.15) is 5.26 Å². The second kappa shape index (κ2) is 6.81. The molecule has 5 nitrogen and oxygen atoms in total. The van der Waals surface area contributed by atoms with Crippen molar-refractivity contribution < 1.29 is 9.13 Å². The Labute approximate surface area is 149 Å². The molecule has 0 amide bonds. The van der Waals surface area contributed by atoms with E-state index in [4.69, 9.17) is 27.3 Å². The summed E-state index contributed by atoms with van der Waals surface area (Å²) in [5, 5.41) is 9.23. The quantitative estimate of drug-likeness (QED) is 0.739. The van der Waals surface area contributed by atoms with Crippen molar-refractivity contribution in [3.8, 4) is 17.2 Å². The molecule has 0 aliphatic heterocycles. The first-order valence-electron chi connectivity index (χ1n) is 7.62. The summed E-state index contributed by atoms with van der Waals surface area (Å²) >= 11 is 6.49. The monoisotopic (exact) mass is 358 g/mol. The van der Waals surface area contributed by atoms with Crippen molar-refractivity contribution in [1.82, 2.24) is 9.97 Å². The van der Waals surface area contributed by atoms with Gasteiger partial charge in [0.05, 0.1) is 28.2 Å². The number of ether oxygens (including phenoxy) is 1. The third kappa shape index (κ3) is 3.10. The highest BCUT2D eigenvalue weighted by molar-refractivity contribution is 6.37. The lowest BCUT2D eigenvalue weighted by molar-refractivity contribution is 0.0935. The van der Waals surface area contributed by atoms with Gasteiger partial charge in [-0.1, -0.05) is 23.7 Å². The van der Waals surface area contributed by atoms with Crippen LogP contribution in [0.3, 0.4) is 0 Å². The summed E-state index contributed by atoms with van der Waals surface area (Å²) < 4.78 is 19.1. The van der Waals surface area contributed by atoms with Gasteiger partial charge in [-0.25, -0.2) is 9.37 Å². The Bertz CT molecular complexity index is 979. The minimum atomic E-state index is -0.588. The SMILES string of the molecule is COC(C)C(N)c1nc2c(Cl)c(-c3ccc(C#N)c(F)c3)ccc2[nH]1. The molecule has 1 aromatic heterocycles. The van der Waals surface area contributed by atoms with Gasteiger partial charge < -0.3 is 15.5 Å². The highest BCUT2D eigenvalue weighted by atomic mass is 35.5. The van der Waals surface area contributed by atoms with Crippen LogP contribution in [0.2, 0.25) is 5.02 Å². The summed E-state index contributed by atoms with van der Waals surface area (Å²) in [6, 6.07) is 9.33. The number of aromatic nitrogens is 2. The van der Waals surface area contributed by atoms with Crippen LogP contribution in [0, 0.1) is 17.1 Å². The Balaban J connectivity index is 2.08. The molecule has 2 unspecified atom stereocenters. The fourth-order valence-corrected chi connectivity index (χ4v) is 2.90. The molecule has 3 N–H and O–H groups in total. The maximum atomic E-state index is 13.9. The summed E-state index contributed by atoms with van der Waals surface area (Å²) in [6.07, 6.45) is -0.216. The Kier molecular flexibility index (Phi) is 4.73. The van der Waals surface area contributed by atoms with E-state index in [1.54, 1.807) is 25.3 Å². The van der Waals surface area contributed by atoms with E-state index in [0.29, 0.717) is 27.5 Å². The Hall–Kier alpha value is -2.46. The largest absolute Gasteiger partial charge is 0.380 e. The fraction of sp³-hybridized carbons (Fsp3) is 0.222. The number of imidazole rings is 1. The minimum absolute atomic E-state index is 0.0115. The maximum Gasteiger partial charge on any atom is 0.141 e. The summed E-state index contributed by atoms with van der Waals surface area (Å²) in [6.45, 7) is 1.85. The third-order valence-electron chi connectivity index (χ3n) is 4.20. The summed E-state index contributed by atoms with van der Waals surface area (Å²) in [5.41, 5.74) is 8.60. The molecular formula is C18H16ClFN4O. The molecule has 0 spiro atoms. The smallest absolute Gasteiger partial charge is 0.141 e. The number of nitrogens with zero attached hydrogens (tertiary/aromatic N) is 2. The van der Waals surface area contributed by atoms with Crippen molar-refractivity contribution in [2.45, 2.75) is 19.1 Å². The van der Waals surface area contributed by atoms with E-state index < -0.39 is 11.9 Å². The molecule has 1 heterocycles. The van der Waals surface area contributed by atoms with Gasteiger partial charge in [-0.15, -0.1) is 0 Å². The second-order valence-corrected chi connectivity index (χ2v) is 6.10. The molecule has 2 atom stereocenters.